The van der Waals surface area contributed by atoms with Gasteiger partial charge in [0.2, 0.25) is 0 Å². The minimum absolute atomic E-state index is 0.486. The van der Waals surface area contributed by atoms with E-state index in [-0.39, 0.29) is 0 Å². The monoisotopic (exact) mass is 310 g/mol. The predicted octanol–water partition coefficient (Wildman–Crippen LogP) is 3.45. The summed E-state index contributed by atoms with van der Waals surface area (Å²) < 4.78 is 11.8. The van der Waals surface area contributed by atoms with Gasteiger partial charge in [-0.2, -0.15) is 0 Å². The zero-order valence-electron chi connectivity index (χ0n) is 10.5. The Morgan fingerprint density at radius 1 is 1.39 bits per heavy atom. The van der Waals surface area contributed by atoms with Crippen molar-refractivity contribution in [3.8, 4) is 23.3 Å². The average molecular weight is 311 g/mol. The normalized spacial score (nSPS) is 9.28. The van der Waals surface area contributed by atoms with E-state index in [2.05, 4.69) is 27.8 Å². The number of carbonyl (C=O) groups excluding carboxylic acids is 1. The lowest BCUT2D eigenvalue weighted by Crippen LogP contribution is -2.02. The molecule has 3 nitrogen and oxygen atoms in total. The molecular weight excluding hydrogens is 296 g/mol. The van der Waals surface area contributed by atoms with E-state index in [0.717, 1.165) is 6.29 Å². The van der Waals surface area contributed by atoms with Crippen LogP contribution in [0.4, 0.5) is 0 Å². The Balaban J connectivity index is 2.91. The van der Waals surface area contributed by atoms with Gasteiger partial charge in [-0.05, 0) is 41.9 Å². The lowest BCUT2D eigenvalue weighted by Gasteiger charge is -2.13. The summed E-state index contributed by atoms with van der Waals surface area (Å²) in [6, 6.07) is 3.37. The second-order valence-electron chi connectivity index (χ2n) is 3.41. The summed E-state index contributed by atoms with van der Waals surface area (Å²) in [6.07, 6.45) is 1.43. The summed E-state index contributed by atoms with van der Waals surface area (Å²) in [5.74, 6) is 6.91. The Hall–Kier alpha value is -1.47. The molecule has 0 aliphatic rings. The molecule has 4 heteroatoms. The van der Waals surface area contributed by atoms with Gasteiger partial charge in [0.1, 0.15) is 6.29 Å². The van der Waals surface area contributed by atoms with Gasteiger partial charge < -0.3 is 9.47 Å². The highest BCUT2D eigenvalue weighted by Crippen LogP contribution is 2.36. The van der Waals surface area contributed by atoms with E-state index in [4.69, 9.17) is 9.47 Å². The maximum Gasteiger partial charge on any atom is 0.175 e. The van der Waals surface area contributed by atoms with E-state index in [1.54, 1.807) is 19.1 Å². The van der Waals surface area contributed by atoms with Crippen molar-refractivity contribution >= 4 is 22.2 Å². The molecule has 18 heavy (non-hydrogen) atoms. The van der Waals surface area contributed by atoms with Crippen molar-refractivity contribution in [1.82, 2.24) is 0 Å². The van der Waals surface area contributed by atoms with Gasteiger partial charge in [0.15, 0.2) is 11.5 Å². The highest BCUT2D eigenvalue weighted by atomic mass is 79.9. The summed E-state index contributed by atoms with van der Waals surface area (Å²) >= 11 is 3.38. The van der Waals surface area contributed by atoms with Crippen LogP contribution in [0.2, 0.25) is 0 Å². The number of carbonyl (C=O) groups is 1. The van der Waals surface area contributed by atoms with Gasteiger partial charge in [0.05, 0.1) is 17.7 Å². The van der Waals surface area contributed by atoms with Crippen LogP contribution in [0.1, 0.15) is 30.6 Å². The molecule has 0 atom stereocenters. The molecule has 0 saturated heterocycles. The van der Waals surface area contributed by atoms with E-state index in [9.17, 15) is 4.79 Å². The first-order chi connectivity index (χ1) is 8.72. The Bertz CT molecular complexity index is 472. The standard InChI is InChI=1S/C14H15BrO3/c1-3-5-6-7-18-14-12(15)8-11(10-16)9-13(14)17-4-2/h8-10H,4,6-7H2,1-2H3. The van der Waals surface area contributed by atoms with Crippen molar-refractivity contribution in [1.29, 1.82) is 0 Å². The number of rotatable bonds is 6. The number of hydrogen-bond acceptors (Lipinski definition) is 3. The van der Waals surface area contributed by atoms with Crippen LogP contribution < -0.4 is 9.47 Å². The molecule has 96 valence electrons. The molecule has 0 fully saturated rings. The Kier molecular flexibility index (Phi) is 6.31. The SMILES string of the molecule is CC#CCCOc1c(Br)cc(C=O)cc1OCC. The number of hydrogen-bond donors (Lipinski definition) is 0. The largest absolute Gasteiger partial charge is 0.490 e. The Morgan fingerprint density at radius 3 is 2.78 bits per heavy atom. The van der Waals surface area contributed by atoms with Crippen molar-refractivity contribution < 1.29 is 14.3 Å². The zero-order valence-corrected chi connectivity index (χ0v) is 12.0. The van der Waals surface area contributed by atoms with E-state index in [0.29, 0.717) is 41.2 Å². The van der Waals surface area contributed by atoms with Crippen LogP contribution in [0.5, 0.6) is 11.5 Å². The van der Waals surface area contributed by atoms with Gasteiger partial charge in [-0.1, -0.05) is 0 Å². The molecule has 0 radical (unpaired) electrons. The molecule has 0 unspecified atom stereocenters. The topological polar surface area (TPSA) is 35.5 Å². The summed E-state index contributed by atoms with van der Waals surface area (Å²) in [6.45, 7) is 4.67. The van der Waals surface area contributed by atoms with Crippen LogP contribution in [0.15, 0.2) is 16.6 Å². The molecule has 1 aromatic carbocycles. The van der Waals surface area contributed by atoms with Crippen molar-refractivity contribution in [2.75, 3.05) is 13.2 Å². The fraction of sp³-hybridized carbons (Fsp3) is 0.357. The number of benzene rings is 1. The van der Waals surface area contributed by atoms with Crippen molar-refractivity contribution in [2.24, 2.45) is 0 Å². The third-order valence-corrected chi connectivity index (χ3v) is 2.71. The van der Waals surface area contributed by atoms with E-state index in [1.807, 2.05) is 6.92 Å². The van der Waals surface area contributed by atoms with Crippen LogP contribution in [0, 0.1) is 11.8 Å². The van der Waals surface area contributed by atoms with Gasteiger partial charge in [-0.25, -0.2) is 0 Å². The summed E-state index contributed by atoms with van der Waals surface area (Å²) in [7, 11) is 0. The molecule has 1 rings (SSSR count). The van der Waals surface area contributed by atoms with Gasteiger partial charge in [0, 0.05) is 12.0 Å². The van der Waals surface area contributed by atoms with Crippen LogP contribution in [-0.2, 0) is 0 Å². The predicted molar refractivity (Wildman–Crippen MR) is 74.3 cm³/mol. The van der Waals surface area contributed by atoms with Gasteiger partial charge in [0.25, 0.3) is 0 Å². The van der Waals surface area contributed by atoms with Crippen molar-refractivity contribution in [3.63, 3.8) is 0 Å². The van der Waals surface area contributed by atoms with E-state index < -0.39 is 0 Å². The van der Waals surface area contributed by atoms with Gasteiger partial charge in [-0.15, -0.1) is 11.8 Å². The molecule has 0 aliphatic carbocycles. The average Bonchev–Trinajstić information content (AvgIpc) is 2.37. The van der Waals surface area contributed by atoms with E-state index in [1.165, 1.54) is 0 Å². The molecule has 0 bridgehead atoms. The molecule has 0 aromatic heterocycles. The maximum atomic E-state index is 10.8. The minimum atomic E-state index is 0.486. The van der Waals surface area contributed by atoms with Crippen LogP contribution >= 0.6 is 15.9 Å². The fourth-order valence-corrected chi connectivity index (χ4v) is 1.96. The van der Waals surface area contributed by atoms with Crippen molar-refractivity contribution in [3.05, 3.63) is 22.2 Å². The maximum absolute atomic E-state index is 10.8. The molecular formula is C14H15BrO3. The highest BCUT2D eigenvalue weighted by Gasteiger charge is 2.11. The first kappa shape index (κ1) is 14.6. The molecule has 0 aliphatic heterocycles. The molecule has 0 heterocycles. The lowest BCUT2D eigenvalue weighted by molar-refractivity contribution is 0.112. The molecule has 0 spiro atoms. The third-order valence-electron chi connectivity index (χ3n) is 2.12. The molecule has 0 saturated carbocycles. The Morgan fingerprint density at radius 2 is 2.17 bits per heavy atom. The molecule has 0 amide bonds. The quantitative estimate of drug-likeness (QED) is 0.458. The Labute approximate surface area is 116 Å². The third kappa shape index (κ3) is 4.08. The number of halogens is 1. The first-order valence-corrected chi connectivity index (χ1v) is 6.46. The first-order valence-electron chi connectivity index (χ1n) is 5.66. The fourth-order valence-electron chi connectivity index (χ4n) is 1.39. The second-order valence-corrected chi connectivity index (χ2v) is 4.26. The van der Waals surface area contributed by atoms with Gasteiger partial charge >= 0.3 is 0 Å². The van der Waals surface area contributed by atoms with E-state index >= 15 is 0 Å². The summed E-state index contributed by atoms with van der Waals surface area (Å²) in [5, 5.41) is 0. The van der Waals surface area contributed by atoms with Crippen LogP contribution in [-0.4, -0.2) is 19.5 Å². The molecule has 1 aromatic rings. The lowest BCUT2D eigenvalue weighted by atomic mass is 10.2. The minimum Gasteiger partial charge on any atom is -0.490 e. The zero-order chi connectivity index (χ0) is 13.4. The smallest absolute Gasteiger partial charge is 0.175 e. The second kappa shape index (κ2) is 7.78. The summed E-state index contributed by atoms with van der Waals surface area (Å²) in [5.41, 5.74) is 0.547. The highest BCUT2D eigenvalue weighted by molar-refractivity contribution is 9.10. The van der Waals surface area contributed by atoms with Crippen molar-refractivity contribution in [2.45, 2.75) is 20.3 Å². The molecule has 0 N–H and O–H groups in total. The number of ether oxygens (including phenoxy) is 2. The van der Waals surface area contributed by atoms with Crippen LogP contribution in [0.25, 0.3) is 0 Å². The van der Waals surface area contributed by atoms with Gasteiger partial charge in [-0.3, -0.25) is 4.79 Å². The summed E-state index contributed by atoms with van der Waals surface area (Å²) in [4.78, 5) is 10.8. The number of aldehydes is 1. The van der Waals surface area contributed by atoms with Crippen LogP contribution in [0.3, 0.4) is 0 Å².